The third-order valence-corrected chi connectivity index (χ3v) is 4.66. The summed E-state index contributed by atoms with van der Waals surface area (Å²) in [7, 11) is 1.65. The van der Waals surface area contributed by atoms with E-state index in [0.29, 0.717) is 39.2 Å². The predicted octanol–water partition coefficient (Wildman–Crippen LogP) is 5.88. The van der Waals surface area contributed by atoms with Crippen molar-refractivity contribution in [3.63, 3.8) is 0 Å². The minimum absolute atomic E-state index is 0.335. The van der Waals surface area contributed by atoms with E-state index in [2.05, 4.69) is 20.6 Å². The minimum Gasteiger partial charge on any atom is -0.358 e. The van der Waals surface area contributed by atoms with Crippen molar-refractivity contribution in [2.24, 2.45) is 0 Å². The molecule has 4 aromatic rings. The van der Waals surface area contributed by atoms with Gasteiger partial charge in [-0.15, -0.1) is 0 Å². The first-order valence-electron chi connectivity index (χ1n) is 8.62. The smallest absolute Gasteiger partial charge is 0.358 e. The molecular weight excluding hydrogens is 403 g/mol. The molecule has 148 valence electrons. The molecule has 0 fully saturated rings. The van der Waals surface area contributed by atoms with Crippen LogP contribution in [0.15, 0.2) is 60.8 Å². The number of para-hydroxylation sites is 1. The van der Waals surface area contributed by atoms with Crippen molar-refractivity contribution in [1.29, 1.82) is 0 Å². The van der Waals surface area contributed by atoms with E-state index in [9.17, 15) is 13.2 Å². The van der Waals surface area contributed by atoms with Crippen LogP contribution in [0.4, 0.5) is 30.6 Å². The summed E-state index contributed by atoms with van der Waals surface area (Å²) in [5.74, 6) is 0.886. The molecule has 0 radical (unpaired) electrons. The third-order valence-electron chi connectivity index (χ3n) is 4.33. The Bertz CT molecular complexity index is 1190. The van der Waals surface area contributed by atoms with Crippen molar-refractivity contribution < 1.29 is 13.2 Å². The van der Waals surface area contributed by atoms with E-state index in [1.54, 1.807) is 42.1 Å². The Balaban J connectivity index is 1.84. The summed E-state index contributed by atoms with van der Waals surface area (Å²) in [4.78, 5) is 8.75. The second kappa shape index (κ2) is 7.29. The van der Waals surface area contributed by atoms with Crippen LogP contribution in [-0.2, 0) is 6.18 Å². The highest BCUT2D eigenvalue weighted by Gasteiger charge is 2.30. The maximum atomic E-state index is 13.2. The Morgan fingerprint density at radius 3 is 2.55 bits per heavy atom. The molecule has 0 saturated carbocycles. The van der Waals surface area contributed by atoms with Gasteiger partial charge in [0.05, 0.1) is 28.0 Å². The van der Waals surface area contributed by atoms with Crippen molar-refractivity contribution in [1.82, 2.24) is 14.5 Å². The van der Waals surface area contributed by atoms with Gasteiger partial charge in [0.25, 0.3) is 0 Å². The SMILES string of the molecule is CNc1nc2cnc(Nc3ccccc3Cl)cc2n1-c1cccc(C(F)(F)F)c1. The molecular formula is C20H15ClF3N5. The van der Waals surface area contributed by atoms with Gasteiger partial charge in [0.15, 0.2) is 0 Å². The van der Waals surface area contributed by atoms with E-state index in [-0.39, 0.29) is 0 Å². The molecule has 9 heteroatoms. The summed E-state index contributed by atoms with van der Waals surface area (Å²) in [6, 6.07) is 14.0. The number of imidazole rings is 1. The van der Waals surface area contributed by atoms with Gasteiger partial charge in [0.2, 0.25) is 5.95 Å². The van der Waals surface area contributed by atoms with E-state index < -0.39 is 11.7 Å². The standard InChI is InChI=1S/C20H15ClF3N5/c1-25-19-28-16-11-26-18(27-15-8-3-2-7-14(15)21)10-17(16)29(19)13-6-4-5-12(9-13)20(22,23)24/h2-11H,1H3,(H,25,28)(H,26,27). The number of anilines is 3. The highest BCUT2D eigenvalue weighted by atomic mass is 35.5. The number of hydrogen-bond donors (Lipinski definition) is 2. The van der Waals surface area contributed by atoms with Gasteiger partial charge in [-0.25, -0.2) is 9.97 Å². The Hall–Kier alpha value is -3.26. The summed E-state index contributed by atoms with van der Waals surface area (Å²) in [5, 5.41) is 6.57. The van der Waals surface area contributed by atoms with E-state index in [0.717, 1.165) is 12.1 Å². The molecule has 4 rings (SSSR count). The van der Waals surface area contributed by atoms with Crippen LogP contribution in [0.25, 0.3) is 16.7 Å². The zero-order valence-electron chi connectivity index (χ0n) is 15.1. The summed E-state index contributed by atoms with van der Waals surface area (Å²) in [5.41, 5.74) is 1.40. The molecule has 0 spiro atoms. The Kier molecular flexibility index (Phi) is 4.79. The second-order valence-electron chi connectivity index (χ2n) is 6.23. The Morgan fingerprint density at radius 2 is 1.83 bits per heavy atom. The van der Waals surface area contributed by atoms with Crippen LogP contribution in [0, 0.1) is 0 Å². The molecule has 0 aliphatic rings. The van der Waals surface area contributed by atoms with Crippen LogP contribution in [0.1, 0.15) is 5.56 Å². The van der Waals surface area contributed by atoms with E-state index in [1.807, 2.05) is 12.1 Å². The molecule has 0 bridgehead atoms. The van der Waals surface area contributed by atoms with E-state index in [1.165, 1.54) is 6.07 Å². The van der Waals surface area contributed by atoms with Crippen LogP contribution >= 0.6 is 11.6 Å². The zero-order chi connectivity index (χ0) is 20.6. The fourth-order valence-electron chi connectivity index (χ4n) is 3.00. The lowest BCUT2D eigenvalue weighted by atomic mass is 10.2. The monoisotopic (exact) mass is 417 g/mol. The summed E-state index contributed by atoms with van der Waals surface area (Å²) < 4.78 is 41.1. The molecule has 2 aromatic carbocycles. The number of alkyl halides is 3. The lowest BCUT2D eigenvalue weighted by molar-refractivity contribution is -0.137. The number of rotatable bonds is 4. The molecule has 5 nitrogen and oxygen atoms in total. The number of fused-ring (bicyclic) bond motifs is 1. The average molecular weight is 418 g/mol. The third kappa shape index (κ3) is 3.71. The van der Waals surface area contributed by atoms with Gasteiger partial charge in [0, 0.05) is 18.8 Å². The van der Waals surface area contributed by atoms with Gasteiger partial charge in [-0.3, -0.25) is 4.57 Å². The number of aromatic nitrogens is 3. The minimum atomic E-state index is -4.44. The van der Waals surface area contributed by atoms with Crippen LogP contribution < -0.4 is 10.6 Å². The maximum Gasteiger partial charge on any atom is 0.416 e. The quantitative estimate of drug-likeness (QED) is 0.435. The largest absolute Gasteiger partial charge is 0.416 e. The molecule has 0 aliphatic heterocycles. The molecule has 0 amide bonds. The molecule has 2 N–H and O–H groups in total. The summed E-state index contributed by atoms with van der Waals surface area (Å²) >= 11 is 6.18. The molecule has 0 saturated heterocycles. The Morgan fingerprint density at radius 1 is 1.03 bits per heavy atom. The fraction of sp³-hybridized carbons (Fsp3) is 0.100. The van der Waals surface area contributed by atoms with Crippen molar-refractivity contribution >= 4 is 40.1 Å². The lowest BCUT2D eigenvalue weighted by Gasteiger charge is -2.13. The number of halogens is 4. The molecule has 2 aromatic heterocycles. The fourth-order valence-corrected chi connectivity index (χ4v) is 3.18. The van der Waals surface area contributed by atoms with Gasteiger partial charge in [0.1, 0.15) is 11.3 Å². The van der Waals surface area contributed by atoms with Crippen LogP contribution in [0.5, 0.6) is 0 Å². The molecule has 29 heavy (non-hydrogen) atoms. The van der Waals surface area contributed by atoms with Crippen molar-refractivity contribution in [3.8, 4) is 5.69 Å². The lowest BCUT2D eigenvalue weighted by Crippen LogP contribution is -2.07. The predicted molar refractivity (Wildman–Crippen MR) is 108 cm³/mol. The molecule has 0 atom stereocenters. The Labute approximate surface area is 169 Å². The summed E-state index contributed by atoms with van der Waals surface area (Å²) in [6.45, 7) is 0. The first kappa shape index (κ1) is 19.1. The van der Waals surface area contributed by atoms with Gasteiger partial charge >= 0.3 is 6.18 Å². The topological polar surface area (TPSA) is 54.8 Å². The molecule has 0 unspecified atom stereocenters. The van der Waals surface area contributed by atoms with E-state index in [4.69, 9.17) is 11.6 Å². The second-order valence-corrected chi connectivity index (χ2v) is 6.64. The highest BCUT2D eigenvalue weighted by Crippen LogP contribution is 2.33. The number of nitrogens with zero attached hydrogens (tertiary/aromatic N) is 3. The highest BCUT2D eigenvalue weighted by molar-refractivity contribution is 6.33. The normalized spacial score (nSPS) is 11.6. The number of pyridine rings is 1. The van der Waals surface area contributed by atoms with Crippen molar-refractivity contribution in [3.05, 3.63) is 71.4 Å². The van der Waals surface area contributed by atoms with Gasteiger partial charge in [-0.1, -0.05) is 29.8 Å². The zero-order valence-corrected chi connectivity index (χ0v) is 15.9. The first-order valence-corrected chi connectivity index (χ1v) is 9.00. The van der Waals surface area contributed by atoms with Crippen LogP contribution in [0.2, 0.25) is 5.02 Å². The average Bonchev–Trinajstić information content (AvgIpc) is 3.07. The van der Waals surface area contributed by atoms with Crippen LogP contribution in [0.3, 0.4) is 0 Å². The van der Waals surface area contributed by atoms with Gasteiger partial charge in [-0.2, -0.15) is 13.2 Å². The molecule has 0 aliphatic carbocycles. The van der Waals surface area contributed by atoms with Gasteiger partial charge in [-0.05, 0) is 30.3 Å². The summed E-state index contributed by atoms with van der Waals surface area (Å²) in [6.07, 6.45) is -2.88. The maximum absolute atomic E-state index is 13.2. The number of hydrogen-bond acceptors (Lipinski definition) is 4. The number of benzene rings is 2. The van der Waals surface area contributed by atoms with Gasteiger partial charge < -0.3 is 10.6 Å². The number of nitrogens with one attached hydrogen (secondary N) is 2. The van der Waals surface area contributed by atoms with Crippen molar-refractivity contribution in [2.75, 3.05) is 17.7 Å². The molecule has 2 heterocycles. The van der Waals surface area contributed by atoms with Crippen LogP contribution in [-0.4, -0.2) is 21.6 Å². The van der Waals surface area contributed by atoms with Crippen molar-refractivity contribution in [2.45, 2.75) is 6.18 Å². The van der Waals surface area contributed by atoms with E-state index >= 15 is 0 Å². The first-order chi connectivity index (χ1) is 13.9.